The summed E-state index contributed by atoms with van der Waals surface area (Å²) in [5.74, 6) is -1.73. The number of hydrogen-bond acceptors (Lipinski definition) is 20. The molecule has 67 heavy (non-hydrogen) atoms. The Morgan fingerprint density at radius 3 is 1.72 bits per heavy atom. The number of halogens is 3. The third kappa shape index (κ3) is 11.8. The summed E-state index contributed by atoms with van der Waals surface area (Å²) < 4.78 is 41.8. The van der Waals surface area contributed by atoms with E-state index in [0.29, 0.717) is 35.0 Å². The molecule has 2 fully saturated rings. The highest BCUT2D eigenvalue weighted by Crippen LogP contribution is 2.37. The fraction of sp³-hybridized carbons (Fsp3) is 0.405. The molecule has 6 aromatic rings. The Hall–Kier alpha value is -5.98. The smallest absolute Gasteiger partial charge is 0.320 e. The second kappa shape index (κ2) is 21.8. The summed E-state index contributed by atoms with van der Waals surface area (Å²) in [6.07, 6.45) is -4.65. The van der Waals surface area contributed by atoms with Gasteiger partial charge in [-0.1, -0.05) is 59.1 Å². The molecule has 8 rings (SSSR count). The quantitative estimate of drug-likeness (QED) is 0.0651. The van der Waals surface area contributed by atoms with Gasteiger partial charge in [0.25, 0.3) is 0 Å². The van der Waals surface area contributed by atoms with Gasteiger partial charge in [0.05, 0.1) is 32.5 Å². The van der Waals surface area contributed by atoms with Crippen molar-refractivity contribution < 1.29 is 62.9 Å². The minimum absolute atomic E-state index is 0.00625. The predicted molar refractivity (Wildman–Crippen MR) is 236 cm³/mol. The summed E-state index contributed by atoms with van der Waals surface area (Å²) >= 11 is 18.2. The number of anilines is 1. The molecule has 0 unspecified atom stereocenters. The number of hydrogen-bond donors (Lipinski definition) is 4. The molecule has 8 atom stereocenters. The summed E-state index contributed by atoms with van der Waals surface area (Å²) in [6.45, 7) is 3.53. The van der Waals surface area contributed by atoms with Gasteiger partial charge in [-0.15, -0.1) is 0 Å². The number of aliphatic hydroxyl groups is 3. The van der Waals surface area contributed by atoms with Gasteiger partial charge in [-0.25, -0.2) is 9.97 Å². The molecule has 0 aliphatic carbocycles. The zero-order valence-electron chi connectivity index (χ0n) is 35.8. The highest BCUT2D eigenvalue weighted by Gasteiger charge is 2.51. The van der Waals surface area contributed by atoms with Crippen LogP contribution in [-0.4, -0.2) is 135 Å². The lowest BCUT2D eigenvalue weighted by molar-refractivity contribution is -0.166. The molecule has 0 radical (unpaired) electrons. The van der Waals surface area contributed by atoms with Crippen molar-refractivity contribution in [1.29, 1.82) is 0 Å². The van der Waals surface area contributed by atoms with Crippen LogP contribution in [0.3, 0.4) is 0 Å². The minimum atomic E-state index is -1.27. The molecule has 2 aliphatic rings. The number of carbonyl (C=O) groups excluding carboxylic acids is 3. The number of benzene rings is 2. The van der Waals surface area contributed by atoms with Crippen LogP contribution in [0.2, 0.25) is 15.2 Å². The number of fused-ring (bicyclic) bond motifs is 2. The van der Waals surface area contributed by atoms with Crippen molar-refractivity contribution in [3.8, 4) is 12.0 Å². The van der Waals surface area contributed by atoms with E-state index in [4.69, 9.17) is 73.7 Å². The predicted octanol–water partition coefficient (Wildman–Crippen LogP) is 3.37. The topological polar surface area (TPSA) is 290 Å². The number of aromatic nitrogens is 8. The zero-order chi connectivity index (χ0) is 47.9. The lowest BCUT2D eigenvalue weighted by Crippen LogP contribution is -2.40. The van der Waals surface area contributed by atoms with Crippen molar-refractivity contribution >= 4 is 80.9 Å². The first-order chi connectivity index (χ1) is 32.1. The summed E-state index contributed by atoms with van der Waals surface area (Å²) in [4.78, 5) is 60.6. The van der Waals surface area contributed by atoms with Crippen LogP contribution in [0.25, 0.3) is 22.3 Å². The molecule has 2 saturated heterocycles. The van der Waals surface area contributed by atoms with Crippen LogP contribution in [0.1, 0.15) is 44.4 Å². The van der Waals surface area contributed by atoms with Gasteiger partial charge < -0.3 is 54.2 Å². The lowest BCUT2D eigenvalue weighted by atomic mass is 10.1. The van der Waals surface area contributed by atoms with Gasteiger partial charge in [-0.2, -0.15) is 19.9 Å². The number of aliphatic hydroxyl groups excluding tert-OH is 3. The fourth-order valence-corrected chi connectivity index (χ4v) is 7.59. The molecule has 0 spiro atoms. The Balaban J connectivity index is 0.000000206. The highest BCUT2D eigenvalue weighted by molar-refractivity contribution is 6.33. The number of nitrogens with zero attached hydrogens (tertiary/aromatic N) is 8. The Morgan fingerprint density at radius 2 is 1.18 bits per heavy atom. The Morgan fingerprint density at radius 1 is 0.672 bits per heavy atom. The van der Waals surface area contributed by atoms with E-state index in [-0.39, 0.29) is 53.0 Å². The number of esters is 3. The van der Waals surface area contributed by atoms with Gasteiger partial charge in [0.15, 0.2) is 52.4 Å². The molecule has 2 aromatic carbocycles. The first-order valence-electron chi connectivity index (χ1n) is 20.5. The maximum atomic E-state index is 11.9. The summed E-state index contributed by atoms with van der Waals surface area (Å²) in [5.41, 5.74) is 9.09. The zero-order valence-corrected chi connectivity index (χ0v) is 38.1. The Labute approximate surface area is 395 Å². The SMILES string of the molecule is CC(=O)OC[C@H]1O[C@@H](n2cnc3c(Cl)nc(OCCc4ccc(Cl)cc4)nc32)[C@H](OC(C)=O)[C@@H]1OC(C)=O.Nc1nc(OCCc2ccc(Cl)cc2)nc2c1ncn2[C@@H]1O[C@H](CO)[C@@H](O)[C@H]1O. The van der Waals surface area contributed by atoms with Gasteiger partial charge >= 0.3 is 29.9 Å². The molecule has 22 nitrogen and oxygen atoms in total. The molecule has 0 saturated carbocycles. The molecule has 0 bridgehead atoms. The van der Waals surface area contributed by atoms with E-state index < -0.39 is 73.6 Å². The summed E-state index contributed by atoms with van der Waals surface area (Å²) in [6, 6.07) is 14.8. The van der Waals surface area contributed by atoms with Gasteiger partial charge in [0.2, 0.25) is 0 Å². The van der Waals surface area contributed by atoms with E-state index in [9.17, 15) is 29.7 Å². The number of nitrogen functional groups attached to an aromatic ring is 1. The minimum Gasteiger partial charge on any atom is -0.463 e. The van der Waals surface area contributed by atoms with E-state index in [1.807, 2.05) is 24.3 Å². The number of rotatable bonds is 15. The van der Waals surface area contributed by atoms with Crippen LogP contribution in [0.5, 0.6) is 12.0 Å². The van der Waals surface area contributed by atoms with Gasteiger partial charge in [0, 0.05) is 43.7 Å². The van der Waals surface area contributed by atoms with E-state index >= 15 is 0 Å². The maximum Gasteiger partial charge on any atom is 0.320 e. The van der Waals surface area contributed by atoms with Crippen molar-refractivity contribution in [2.75, 3.05) is 32.2 Å². The number of imidazole rings is 2. The third-order valence-electron chi connectivity index (χ3n) is 10.3. The van der Waals surface area contributed by atoms with Crippen molar-refractivity contribution in [3.05, 3.63) is 87.5 Å². The molecule has 6 heterocycles. The average molecular weight is 989 g/mol. The van der Waals surface area contributed by atoms with Crippen LogP contribution in [0, 0.1) is 0 Å². The highest BCUT2D eigenvalue weighted by atomic mass is 35.5. The van der Waals surface area contributed by atoms with Crippen molar-refractivity contribution in [1.82, 2.24) is 39.0 Å². The molecular formula is C42H44Cl3N9O13. The second-order valence-corrected chi connectivity index (χ2v) is 16.3. The Kier molecular flexibility index (Phi) is 15.9. The number of ether oxygens (including phenoxy) is 7. The summed E-state index contributed by atoms with van der Waals surface area (Å²) in [5, 5.41) is 30.9. The average Bonchev–Trinajstić information content (AvgIpc) is 4.05. The number of nitrogens with two attached hydrogens (primary N) is 1. The number of carbonyl (C=O) groups is 3. The van der Waals surface area contributed by atoms with Crippen LogP contribution in [-0.2, 0) is 50.9 Å². The lowest BCUT2D eigenvalue weighted by Gasteiger charge is -2.23. The van der Waals surface area contributed by atoms with Crippen molar-refractivity contribution in [3.63, 3.8) is 0 Å². The van der Waals surface area contributed by atoms with Crippen LogP contribution in [0.15, 0.2) is 61.2 Å². The van der Waals surface area contributed by atoms with E-state index in [0.717, 1.165) is 11.1 Å². The van der Waals surface area contributed by atoms with E-state index in [1.165, 1.54) is 42.6 Å². The largest absolute Gasteiger partial charge is 0.463 e. The normalized spacial score (nSPS) is 22.3. The maximum absolute atomic E-state index is 11.9. The van der Waals surface area contributed by atoms with E-state index in [2.05, 4.69) is 29.9 Å². The van der Waals surface area contributed by atoms with Gasteiger partial charge in [-0.3, -0.25) is 23.5 Å². The van der Waals surface area contributed by atoms with Crippen LogP contribution >= 0.6 is 34.8 Å². The molecule has 2 aliphatic heterocycles. The van der Waals surface area contributed by atoms with Crippen LogP contribution < -0.4 is 15.2 Å². The first kappa shape index (κ1) is 48.9. The van der Waals surface area contributed by atoms with Gasteiger partial charge in [0.1, 0.15) is 36.5 Å². The van der Waals surface area contributed by atoms with Crippen molar-refractivity contribution in [2.24, 2.45) is 0 Å². The monoisotopic (exact) mass is 987 g/mol. The molecule has 356 valence electrons. The van der Waals surface area contributed by atoms with Crippen LogP contribution in [0.4, 0.5) is 5.82 Å². The molecule has 25 heteroatoms. The first-order valence-corrected chi connectivity index (χ1v) is 21.6. The molecule has 5 N–H and O–H groups in total. The van der Waals surface area contributed by atoms with Crippen molar-refractivity contribution in [2.45, 2.75) is 82.7 Å². The summed E-state index contributed by atoms with van der Waals surface area (Å²) in [7, 11) is 0. The third-order valence-corrected chi connectivity index (χ3v) is 11.0. The van der Waals surface area contributed by atoms with E-state index in [1.54, 1.807) is 24.3 Å². The molecular weight excluding hydrogens is 945 g/mol. The Bertz CT molecular complexity index is 2690. The second-order valence-electron chi connectivity index (χ2n) is 15.0. The molecule has 0 amide bonds. The fourth-order valence-electron chi connectivity index (χ4n) is 7.13. The standard InChI is InChI=1S/C24H24Cl2N4O8.C18H20ClN5O5/c1-12(31)35-10-17-19(36-13(2)32)20(37-14(3)33)23(38-17)30-11-27-18-21(26)28-24(29-22(18)30)34-9-8-15-4-6-16(25)7-5-15;19-10-3-1-9(2-4-10)5-6-28-18-22-15(20)12-16(23-18)24(8-21-12)17-14(27)13(26)11(7-25)29-17/h4-7,11,17,19-20,23H,8-10H2,1-3H3;1-4,8,11,13-14,17,25-27H,5-7H2,(H2,20,22,23)/t17-,19-,20-,23-;11-,13-,14-,17-/m11/s1. The van der Waals surface area contributed by atoms with Gasteiger partial charge in [-0.05, 0) is 35.4 Å². The molecule has 4 aromatic heterocycles.